The summed E-state index contributed by atoms with van der Waals surface area (Å²) in [5, 5.41) is 12.4. The fourth-order valence-electron chi connectivity index (χ4n) is 2.53. The Labute approximate surface area is 121 Å². The highest BCUT2D eigenvalue weighted by molar-refractivity contribution is 7.16. The summed E-state index contributed by atoms with van der Waals surface area (Å²) in [5.41, 5.74) is 3.21. The van der Waals surface area contributed by atoms with Crippen LogP contribution in [0.5, 0.6) is 0 Å². The lowest BCUT2D eigenvalue weighted by atomic mass is 10.1. The molecule has 4 heteroatoms. The van der Waals surface area contributed by atoms with E-state index in [1.165, 1.54) is 10.4 Å². The van der Waals surface area contributed by atoms with Gasteiger partial charge in [0, 0.05) is 17.5 Å². The number of aryl methyl sites for hydroxylation is 1. The van der Waals surface area contributed by atoms with Crippen molar-refractivity contribution >= 4 is 22.9 Å². The Balaban J connectivity index is 1.69. The molecule has 19 heavy (non-hydrogen) atoms. The first-order valence-electron chi connectivity index (χ1n) is 6.27. The van der Waals surface area contributed by atoms with Crippen LogP contribution in [-0.4, -0.2) is 0 Å². The number of nitrogens with zero attached hydrogens (tertiary/aromatic N) is 1. The van der Waals surface area contributed by atoms with E-state index in [0.717, 1.165) is 29.3 Å². The molecule has 1 aromatic heterocycles. The first-order chi connectivity index (χ1) is 9.26. The van der Waals surface area contributed by atoms with Crippen molar-refractivity contribution < 1.29 is 0 Å². The third-order valence-electron chi connectivity index (χ3n) is 3.46. The third kappa shape index (κ3) is 2.66. The van der Waals surface area contributed by atoms with Crippen molar-refractivity contribution in [1.82, 2.24) is 5.32 Å². The lowest BCUT2D eigenvalue weighted by molar-refractivity contribution is 0.530. The van der Waals surface area contributed by atoms with Crippen molar-refractivity contribution in [1.29, 1.82) is 5.26 Å². The maximum absolute atomic E-state index is 8.89. The Morgan fingerprint density at radius 3 is 3.16 bits per heavy atom. The smallest absolute Gasteiger partial charge is 0.0991 e. The summed E-state index contributed by atoms with van der Waals surface area (Å²) in [4.78, 5) is 1.41. The van der Waals surface area contributed by atoms with Gasteiger partial charge in [-0.25, -0.2) is 0 Å². The molecule has 1 aliphatic carbocycles. The minimum absolute atomic E-state index is 0.393. The number of rotatable bonds is 3. The van der Waals surface area contributed by atoms with Crippen molar-refractivity contribution in [3.8, 4) is 6.07 Å². The molecule has 1 unspecified atom stereocenters. The standard InChI is InChI=1S/C15H13ClN2S/c16-15-7-12-13(4-5-14(12)19-15)18-9-11-3-1-2-10(6-11)8-17/h1-3,6-7,13,18H,4-5,9H2. The van der Waals surface area contributed by atoms with E-state index in [1.807, 2.05) is 24.3 Å². The summed E-state index contributed by atoms with van der Waals surface area (Å²) in [7, 11) is 0. The molecule has 2 aromatic rings. The molecule has 0 radical (unpaired) electrons. The molecule has 0 aliphatic heterocycles. The van der Waals surface area contributed by atoms with Crippen LogP contribution in [0.1, 0.15) is 34.0 Å². The highest BCUT2D eigenvalue weighted by Crippen LogP contribution is 2.39. The number of halogens is 1. The topological polar surface area (TPSA) is 35.8 Å². The molecule has 0 fully saturated rings. The van der Waals surface area contributed by atoms with Crippen molar-refractivity contribution in [2.45, 2.75) is 25.4 Å². The second-order valence-electron chi connectivity index (χ2n) is 4.71. The van der Waals surface area contributed by atoms with Gasteiger partial charge in [0.2, 0.25) is 0 Å². The molecule has 3 rings (SSSR count). The number of benzene rings is 1. The van der Waals surface area contributed by atoms with Gasteiger partial charge >= 0.3 is 0 Å². The van der Waals surface area contributed by atoms with Crippen LogP contribution in [0.25, 0.3) is 0 Å². The van der Waals surface area contributed by atoms with Crippen molar-refractivity contribution in [2.75, 3.05) is 0 Å². The van der Waals surface area contributed by atoms with Crippen LogP contribution in [-0.2, 0) is 13.0 Å². The molecule has 1 aliphatic rings. The van der Waals surface area contributed by atoms with E-state index >= 15 is 0 Å². The van der Waals surface area contributed by atoms with E-state index in [1.54, 1.807) is 11.3 Å². The molecule has 0 saturated heterocycles. The summed E-state index contributed by atoms with van der Waals surface area (Å²) in [6.45, 7) is 0.785. The Bertz CT molecular complexity index is 642. The van der Waals surface area contributed by atoms with Gasteiger partial charge in [0.15, 0.2) is 0 Å². The van der Waals surface area contributed by atoms with E-state index in [9.17, 15) is 0 Å². The Morgan fingerprint density at radius 2 is 2.32 bits per heavy atom. The van der Waals surface area contributed by atoms with E-state index in [2.05, 4.69) is 17.5 Å². The number of nitrogens with one attached hydrogen (secondary N) is 1. The fraction of sp³-hybridized carbons (Fsp3) is 0.267. The Hall–Kier alpha value is -1.34. The summed E-state index contributed by atoms with van der Waals surface area (Å²) < 4.78 is 0.878. The third-order valence-corrected chi connectivity index (χ3v) is 4.80. The maximum atomic E-state index is 8.89. The molecule has 0 bridgehead atoms. The molecule has 0 spiro atoms. The average molecular weight is 289 g/mol. The zero-order chi connectivity index (χ0) is 13.2. The predicted octanol–water partition coefficient (Wildman–Crippen LogP) is 4.05. The highest BCUT2D eigenvalue weighted by Gasteiger charge is 2.24. The van der Waals surface area contributed by atoms with Gasteiger partial charge in [0.1, 0.15) is 0 Å². The Morgan fingerprint density at radius 1 is 1.42 bits per heavy atom. The monoisotopic (exact) mass is 288 g/mol. The normalized spacial score (nSPS) is 17.2. The van der Waals surface area contributed by atoms with E-state index in [-0.39, 0.29) is 0 Å². The molecule has 1 aromatic carbocycles. The van der Waals surface area contributed by atoms with Gasteiger partial charge in [-0.2, -0.15) is 5.26 Å². The van der Waals surface area contributed by atoms with Crippen LogP contribution in [0.2, 0.25) is 4.34 Å². The van der Waals surface area contributed by atoms with Gasteiger partial charge in [-0.15, -0.1) is 11.3 Å². The summed E-state index contributed by atoms with van der Waals surface area (Å²) >= 11 is 7.75. The van der Waals surface area contributed by atoms with E-state index < -0.39 is 0 Å². The largest absolute Gasteiger partial charge is 0.306 e. The number of nitriles is 1. The van der Waals surface area contributed by atoms with Crippen LogP contribution >= 0.6 is 22.9 Å². The predicted molar refractivity (Wildman–Crippen MR) is 78.4 cm³/mol. The molecular weight excluding hydrogens is 276 g/mol. The van der Waals surface area contributed by atoms with E-state index in [4.69, 9.17) is 16.9 Å². The maximum Gasteiger partial charge on any atom is 0.0991 e. The van der Waals surface area contributed by atoms with Crippen molar-refractivity contribution in [2.24, 2.45) is 0 Å². The van der Waals surface area contributed by atoms with Crippen LogP contribution in [0, 0.1) is 11.3 Å². The van der Waals surface area contributed by atoms with Gasteiger partial charge in [-0.3, -0.25) is 0 Å². The molecule has 0 amide bonds. The van der Waals surface area contributed by atoms with Gasteiger partial charge in [-0.1, -0.05) is 23.7 Å². The molecule has 1 N–H and O–H groups in total. The molecule has 1 heterocycles. The lowest BCUT2D eigenvalue weighted by Gasteiger charge is -2.13. The number of hydrogen-bond donors (Lipinski definition) is 1. The first kappa shape index (κ1) is 12.7. The molecule has 0 saturated carbocycles. The van der Waals surface area contributed by atoms with Gasteiger partial charge < -0.3 is 5.32 Å². The van der Waals surface area contributed by atoms with E-state index in [0.29, 0.717) is 11.6 Å². The zero-order valence-corrected chi connectivity index (χ0v) is 11.9. The van der Waals surface area contributed by atoms with Gasteiger partial charge in [0.05, 0.1) is 16.0 Å². The lowest BCUT2D eigenvalue weighted by Crippen LogP contribution is -2.18. The molecular formula is C15H13ClN2S. The summed E-state index contributed by atoms with van der Waals surface area (Å²) in [6.07, 6.45) is 2.25. The zero-order valence-electron chi connectivity index (χ0n) is 10.3. The fourth-order valence-corrected chi connectivity index (χ4v) is 3.89. The number of thiophene rings is 1. The summed E-state index contributed by atoms with van der Waals surface area (Å²) in [5.74, 6) is 0. The average Bonchev–Trinajstić information content (AvgIpc) is 2.96. The van der Waals surface area contributed by atoms with Crippen LogP contribution in [0.15, 0.2) is 30.3 Å². The Kier molecular flexibility index (Phi) is 3.56. The molecule has 2 nitrogen and oxygen atoms in total. The van der Waals surface area contributed by atoms with Gasteiger partial charge in [-0.05, 0) is 42.2 Å². The second kappa shape index (κ2) is 5.34. The van der Waals surface area contributed by atoms with Crippen LogP contribution < -0.4 is 5.32 Å². The quantitative estimate of drug-likeness (QED) is 0.925. The molecule has 96 valence electrons. The van der Waals surface area contributed by atoms with Crippen LogP contribution in [0.3, 0.4) is 0 Å². The SMILES string of the molecule is N#Cc1cccc(CNC2CCc3sc(Cl)cc32)c1. The number of hydrogen-bond acceptors (Lipinski definition) is 3. The number of fused-ring (bicyclic) bond motifs is 1. The van der Waals surface area contributed by atoms with Crippen molar-refractivity contribution in [3.05, 3.63) is 56.2 Å². The highest BCUT2D eigenvalue weighted by atomic mass is 35.5. The van der Waals surface area contributed by atoms with Crippen molar-refractivity contribution in [3.63, 3.8) is 0 Å². The minimum Gasteiger partial charge on any atom is -0.306 e. The first-order valence-corrected chi connectivity index (χ1v) is 7.46. The van der Waals surface area contributed by atoms with Crippen LogP contribution in [0.4, 0.5) is 0 Å². The van der Waals surface area contributed by atoms with Gasteiger partial charge in [0.25, 0.3) is 0 Å². The molecule has 1 atom stereocenters. The summed E-state index contributed by atoms with van der Waals surface area (Å²) in [6, 6.07) is 12.4. The minimum atomic E-state index is 0.393. The second-order valence-corrected chi connectivity index (χ2v) is 6.48.